The van der Waals surface area contributed by atoms with Crippen molar-refractivity contribution in [3.05, 3.63) is 160 Å². The largest absolute Gasteiger partial charge is 0.497 e. The summed E-state index contributed by atoms with van der Waals surface area (Å²) in [5.41, 5.74) is 14.9. The van der Waals surface area contributed by atoms with Gasteiger partial charge in [0.05, 0.1) is 7.11 Å². The average Bonchev–Trinajstić information content (AvgIpc) is 3.08. The first-order chi connectivity index (χ1) is 22.1. The van der Waals surface area contributed by atoms with Crippen molar-refractivity contribution < 1.29 is 14.4 Å². The maximum absolute atomic E-state index is 6.06. The molecule has 0 radical (unpaired) electrons. The molecule has 0 bridgehead atoms. The van der Waals surface area contributed by atoms with E-state index in [1.54, 1.807) is 7.11 Å². The molecule has 5 aromatic carbocycles. The molecule has 0 amide bonds. The molecule has 5 heteroatoms. The molecule has 5 nitrogen and oxygen atoms in total. The molecule has 45 heavy (non-hydrogen) atoms. The number of ether oxygens (including phenoxy) is 1. The molecule has 0 aliphatic rings. The fraction of sp³-hybridized carbons (Fsp3) is 0.250. The van der Waals surface area contributed by atoms with Crippen LogP contribution in [0, 0.1) is 13.8 Å². The van der Waals surface area contributed by atoms with Crippen LogP contribution in [-0.2, 0) is 12.8 Å². The summed E-state index contributed by atoms with van der Waals surface area (Å²) in [5, 5.41) is 0. The summed E-state index contributed by atoms with van der Waals surface area (Å²) in [5.74, 6) is 2.39. The number of aryl methyl sites for hydroxylation is 4. The Kier molecular flexibility index (Phi) is 11.7. The Bertz CT molecular complexity index is 1510. The molecule has 0 unspecified atom stereocenters. The third-order valence-corrected chi connectivity index (χ3v) is 8.13. The zero-order valence-electron chi connectivity index (χ0n) is 26.6. The highest BCUT2D eigenvalue weighted by atomic mass is 16.6. The van der Waals surface area contributed by atoms with Gasteiger partial charge in [-0.1, -0.05) is 84.9 Å². The molecule has 0 aliphatic heterocycles. The minimum atomic E-state index is -0.0285. The van der Waals surface area contributed by atoms with Crippen molar-refractivity contribution in [1.29, 1.82) is 0 Å². The van der Waals surface area contributed by atoms with Crippen molar-refractivity contribution in [3.63, 3.8) is 0 Å². The van der Waals surface area contributed by atoms with Gasteiger partial charge in [-0.05, 0) is 115 Å². The first kappa shape index (κ1) is 31.8. The van der Waals surface area contributed by atoms with Crippen LogP contribution in [0.3, 0.4) is 0 Å². The molecular weight excluding hydrogens is 556 g/mol. The summed E-state index contributed by atoms with van der Waals surface area (Å²) >= 11 is 0. The molecule has 5 rings (SSSR count). The molecule has 0 fully saturated rings. The molecule has 0 spiro atoms. The van der Waals surface area contributed by atoms with Crippen LogP contribution >= 0.6 is 0 Å². The van der Waals surface area contributed by atoms with E-state index in [1.807, 2.05) is 24.3 Å². The van der Waals surface area contributed by atoms with Gasteiger partial charge in [-0.25, -0.2) is 0 Å². The Morgan fingerprint density at radius 2 is 0.978 bits per heavy atom. The quantitative estimate of drug-likeness (QED) is 0.0676. The second-order valence-electron chi connectivity index (χ2n) is 11.4. The van der Waals surface area contributed by atoms with Crippen molar-refractivity contribution >= 4 is 0 Å². The molecule has 0 heterocycles. The summed E-state index contributed by atoms with van der Waals surface area (Å²) in [6.45, 7) is 5.84. The number of rotatable bonds is 16. The van der Waals surface area contributed by atoms with Gasteiger partial charge in [-0.3, -0.25) is 0 Å². The van der Waals surface area contributed by atoms with Crippen LogP contribution in [0.5, 0.6) is 17.2 Å². The number of hydrogen-bond donors (Lipinski definition) is 2. The van der Waals surface area contributed by atoms with Crippen LogP contribution in [0.15, 0.2) is 121 Å². The lowest BCUT2D eigenvalue weighted by molar-refractivity contribution is 0.194. The molecule has 2 N–H and O–H groups in total. The number of methoxy groups -OCH3 is 1. The monoisotopic (exact) mass is 600 g/mol. The highest BCUT2D eigenvalue weighted by Gasteiger charge is 2.22. The lowest BCUT2D eigenvalue weighted by atomic mass is 9.81. The Labute approximate surface area is 268 Å². The van der Waals surface area contributed by atoms with Crippen LogP contribution in [0.2, 0.25) is 0 Å². The maximum Gasteiger partial charge on any atom is 0.147 e. The highest BCUT2D eigenvalue weighted by Crippen LogP contribution is 2.39. The summed E-state index contributed by atoms with van der Waals surface area (Å²) in [7, 11) is 1.70. The fourth-order valence-corrected chi connectivity index (χ4v) is 5.60. The summed E-state index contributed by atoms with van der Waals surface area (Å²) in [6.07, 6.45) is 4.00. The zero-order chi connectivity index (χ0) is 31.3. The second-order valence-corrected chi connectivity index (χ2v) is 11.4. The summed E-state index contributed by atoms with van der Waals surface area (Å²) in [6, 6.07) is 42.1. The number of hydrogen-bond acceptors (Lipinski definition) is 5. The standard InChI is InChI=1S/C40H44N2O3/c1-30-18-22-36(44-41-26-10-16-32-12-6-4-7-13-32)28-38(30)40(34-20-24-35(43-3)25-21-34)39-29-37(23-19-31(39)2)45-42-27-11-17-33-14-8-5-9-15-33/h4-9,12-15,18-25,28-29,40-42H,10-11,16-17,26-27H2,1-3H3. The molecule has 5 aromatic rings. The SMILES string of the molecule is COc1ccc(C(c2cc(ONCCCc3ccccc3)ccc2C)c2cc(ONCCCc3ccccc3)ccc2C)cc1. The normalized spacial score (nSPS) is 11.0. The predicted molar refractivity (Wildman–Crippen MR) is 183 cm³/mol. The predicted octanol–water partition coefficient (Wildman–Crippen LogP) is 8.52. The van der Waals surface area contributed by atoms with Crippen molar-refractivity contribution in [1.82, 2.24) is 11.0 Å². The molecule has 0 aliphatic carbocycles. The van der Waals surface area contributed by atoms with E-state index in [0.717, 1.165) is 56.0 Å². The van der Waals surface area contributed by atoms with Crippen LogP contribution in [0.4, 0.5) is 0 Å². The lowest BCUT2D eigenvalue weighted by Crippen LogP contribution is -2.21. The van der Waals surface area contributed by atoms with Gasteiger partial charge in [0.2, 0.25) is 0 Å². The Morgan fingerprint density at radius 3 is 1.42 bits per heavy atom. The molecule has 0 saturated heterocycles. The van der Waals surface area contributed by atoms with E-state index in [2.05, 4.69) is 122 Å². The van der Waals surface area contributed by atoms with Gasteiger partial charge in [0.1, 0.15) is 17.2 Å². The first-order valence-corrected chi connectivity index (χ1v) is 15.8. The minimum Gasteiger partial charge on any atom is -0.497 e. The molecule has 0 saturated carbocycles. The van der Waals surface area contributed by atoms with Gasteiger partial charge in [-0.15, -0.1) is 0 Å². The fourth-order valence-electron chi connectivity index (χ4n) is 5.60. The van der Waals surface area contributed by atoms with E-state index in [0.29, 0.717) is 0 Å². The Balaban J connectivity index is 1.31. The number of nitrogens with one attached hydrogen (secondary N) is 2. The van der Waals surface area contributed by atoms with Crippen molar-refractivity contribution in [2.45, 2.75) is 45.4 Å². The molecule has 0 atom stereocenters. The van der Waals surface area contributed by atoms with Gasteiger partial charge in [0.25, 0.3) is 0 Å². The van der Waals surface area contributed by atoms with Crippen LogP contribution in [0.1, 0.15) is 57.7 Å². The smallest absolute Gasteiger partial charge is 0.147 e. The van der Waals surface area contributed by atoms with Crippen LogP contribution in [0.25, 0.3) is 0 Å². The zero-order valence-corrected chi connectivity index (χ0v) is 26.6. The average molecular weight is 601 g/mol. The Morgan fingerprint density at radius 1 is 0.533 bits per heavy atom. The third-order valence-electron chi connectivity index (χ3n) is 8.13. The van der Waals surface area contributed by atoms with E-state index in [1.165, 1.54) is 38.9 Å². The van der Waals surface area contributed by atoms with E-state index in [-0.39, 0.29) is 5.92 Å². The van der Waals surface area contributed by atoms with Crippen molar-refractivity contribution in [2.24, 2.45) is 0 Å². The van der Waals surface area contributed by atoms with Crippen molar-refractivity contribution in [2.75, 3.05) is 20.2 Å². The van der Waals surface area contributed by atoms with Crippen LogP contribution < -0.4 is 25.4 Å². The van der Waals surface area contributed by atoms with Crippen molar-refractivity contribution in [3.8, 4) is 17.2 Å². The second kappa shape index (κ2) is 16.5. The van der Waals surface area contributed by atoms with E-state index >= 15 is 0 Å². The molecule has 0 aromatic heterocycles. The third kappa shape index (κ3) is 9.21. The van der Waals surface area contributed by atoms with E-state index in [4.69, 9.17) is 14.4 Å². The molecular formula is C40H44N2O3. The summed E-state index contributed by atoms with van der Waals surface area (Å²) < 4.78 is 5.47. The summed E-state index contributed by atoms with van der Waals surface area (Å²) in [4.78, 5) is 12.1. The van der Waals surface area contributed by atoms with Gasteiger partial charge in [0.15, 0.2) is 0 Å². The molecule has 232 valence electrons. The first-order valence-electron chi connectivity index (χ1n) is 15.8. The van der Waals surface area contributed by atoms with Gasteiger partial charge in [-0.2, -0.15) is 11.0 Å². The lowest BCUT2D eigenvalue weighted by Gasteiger charge is -2.24. The van der Waals surface area contributed by atoms with E-state index < -0.39 is 0 Å². The number of hydroxylamine groups is 2. The topological polar surface area (TPSA) is 51.8 Å². The highest BCUT2D eigenvalue weighted by molar-refractivity contribution is 5.52. The maximum atomic E-state index is 6.06. The minimum absolute atomic E-state index is 0.0285. The van der Waals surface area contributed by atoms with Gasteiger partial charge >= 0.3 is 0 Å². The van der Waals surface area contributed by atoms with E-state index in [9.17, 15) is 0 Å². The number of benzene rings is 5. The van der Waals surface area contributed by atoms with Crippen LogP contribution in [-0.4, -0.2) is 20.2 Å². The van der Waals surface area contributed by atoms with Gasteiger partial charge in [0, 0.05) is 19.0 Å². The van der Waals surface area contributed by atoms with Gasteiger partial charge < -0.3 is 14.4 Å². The Hall–Kier alpha value is -4.58.